The average molecular weight is 751 g/mol. The van der Waals surface area contributed by atoms with Gasteiger partial charge in [-0.3, -0.25) is 9.59 Å². The Balaban J connectivity index is 0.00000702. The van der Waals surface area contributed by atoms with E-state index in [0.717, 1.165) is 29.7 Å². The number of ketones is 1. The number of nitrogens with zero attached hydrogens (tertiary/aromatic N) is 2. The predicted octanol–water partition coefficient (Wildman–Crippen LogP) is 1.21. The van der Waals surface area contributed by atoms with Crippen LogP contribution in [0.5, 0.6) is 5.75 Å². The van der Waals surface area contributed by atoms with Crippen molar-refractivity contribution in [2.75, 3.05) is 42.6 Å². The molecule has 15 heteroatoms. The predicted molar refractivity (Wildman–Crippen MR) is 190 cm³/mol. The third-order valence-corrected chi connectivity index (χ3v) is 9.98. The number of esters is 1. The fourth-order valence-electron chi connectivity index (χ4n) is 5.69. The van der Waals surface area contributed by atoms with Gasteiger partial charge in [0.2, 0.25) is 0 Å². The molecule has 0 aliphatic carbocycles. The zero-order valence-electron chi connectivity index (χ0n) is 29.9. The number of rotatable bonds is 14. The van der Waals surface area contributed by atoms with Gasteiger partial charge in [0.25, 0.3) is 0 Å². The zero-order chi connectivity index (χ0) is 36.9. The minimum absolute atomic E-state index is 0. The van der Waals surface area contributed by atoms with E-state index < -0.39 is 43.6 Å². The zero-order valence-corrected chi connectivity index (χ0v) is 33.5. The molecule has 0 radical (unpaired) electrons. The van der Waals surface area contributed by atoms with Gasteiger partial charge < -0.3 is 23.2 Å². The largest absolute Gasteiger partial charge is 1.00 e. The minimum atomic E-state index is -4.50. The van der Waals surface area contributed by atoms with E-state index in [-0.39, 0.29) is 78.0 Å². The first-order valence-corrected chi connectivity index (χ1v) is 19.6. The maximum atomic E-state index is 13.3. The number of hydrogen-bond donors (Lipinski definition) is 0. The third-order valence-electron chi connectivity index (χ3n) is 8.41. The molecular weight excluding hydrogens is 708 g/mol. The van der Waals surface area contributed by atoms with Gasteiger partial charge in [-0.2, -0.15) is 4.58 Å². The van der Waals surface area contributed by atoms with Gasteiger partial charge in [-0.15, -0.1) is 0 Å². The molecule has 4 rings (SSSR count). The summed E-state index contributed by atoms with van der Waals surface area (Å²) in [6.45, 7) is 11.8. The van der Waals surface area contributed by atoms with Crippen molar-refractivity contribution in [3.8, 4) is 5.75 Å². The first kappa shape index (κ1) is 42.3. The molecule has 1 aliphatic rings. The third kappa shape index (κ3) is 11.7. The van der Waals surface area contributed by atoms with Crippen LogP contribution >= 0.6 is 0 Å². The van der Waals surface area contributed by atoms with Crippen molar-refractivity contribution >= 4 is 54.7 Å². The van der Waals surface area contributed by atoms with E-state index in [1.807, 2.05) is 58.9 Å². The fraction of sp³-hybridized carbons (Fsp3) is 0.417. The Kier molecular flexibility index (Phi) is 14.6. The van der Waals surface area contributed by atoms with E-state index >= 15 is 0 Å². The molecular formula is C36H43N2NaO10S2. The smallest absolute Gasteiger partial charge is 0.748 e. The van der Waals surface area contributed by atoms with Gasteiger partial charge in [-0.25, -0.2) is 16.8 Å². The number of carbonyl (C=O) groups excluding carboxylic acids is 2. The summed E-state index contributed by atoms with van der Waals surface area (Å²) in [5, 5.41) is 0.724. The number of carbonyl (C=O) groups is 2. The number of anilines is 1. The Labute approximate surface area is 321 Å². The molecule has 3 aromatic rings. The molecule has 0 amide bonds. The normalized spacial score (nSPS) is 15.2. The molecule has 1 aliphatic heterocycles. The first-order chi connectivity index (χ1) is 23.4. The number of allylic oxidation sites excluding steroid dienone is 2. The number of benzene rings is 2. The summed E-state index contributed by atoms with van der Waals surface area (Å²) in [5.74, 6) is -3.22. The second-order valence-corrected chi connectivity index (χ2v) is 16.1. The molecule has 1 unspecified atom stereocenters. The molecule has 270 valence electrons. The van der Waals surface area contributed by atoms with Crippen molar-refractivity contribution in [1.82, 2.24) is 4.58 Å². The molecule has 51 heavy (non-hydrogen) atoms. The molecule has 0 fully saturated rings. The van der Waals surface area contributed by atoms with Gasteiger partial charge in [0, 0.05) is 54.6 Å². The van der Waals surface area contributed by atoms with Crippen LogP contribution in [0.3, 0.4) is 0 Å². The maximum Gasteiger partial charge on any atom is 1.00 e. The summed E-state index contributed by atoms with van der Waals surface area (Å²) in [6, 6.07) is 12.6. The molecule has 1 atom stereocenters. The van der Waals surface area contributed by atoms with Crippen LogP contribution in [0.2, 0.25) is 0 Å². The SMILES string of the molecule is CCN(CC)c1ccc2c(c1)OC(=O)C(/C=C/C=C/c1cc(=[N+](CCCS(=O)(=O)[O-])CCCS(=O)(=O)[O-])oc3cc(C(C)(C)C)ccc13)C2=O.[Na+]. The molecule has 2 heterocycles. The monoisotopic (exact) mass is 750 g/mol. The topological polar surface area (TPSA) is 177 Å². The average Bonchev–Trinajstić information content (AvgIpc) is 3.02. The van der Waals surface area contributed by atoms with Crippen LogP contribution in [0, 0.1) is 5.92 Å². The fourth-order valence-corrected chi connectivity index (χ4v) is 6.65. The summed E-state index contributed by atoms with van der Waals surface area (Å²) in [7, 11) is -9.00. The van der Waals surface area contributed by atoms with E-state index in [1.54, 1.807) is 41.0 Å². The summed E-state index contributed by atoms with van der Waals surface area (Å²) in [5.41, 5.74) is 3.34. The Morgan fingerprint density at radius 3 is 2.08 bits per heavy atom. The first-order valence-electron chi connectivity index (χ1n) is 16.4. The van der Waals surface area contributed by atoms with Crippen LogP contribution in [0.25, 0.3) is 17.0 Å². The van der Waals surface area contributed by atoms with Crippen LogP contribution in [0.4, 0.5) is 5.69 Å². The maximum absolute atomic E-state index is 13.3. The molecule has 12 nitrogen and oxygen atoms in total. The Morgan fingerprint density at radius 2 is 1.51 bits per heavy atom. The molecule has 0 saturated heterocycles. The van der Waals surface area contributed by atoms with Crippen molar-refractivity contribution in [2.24, 2.45) is 5.92 Å². The second kappa shape index (κ2) is 17.6. The van der Waals surface area contributed by atoms with Crippen molar-refractivity contribution in [1.29, 1.82) is 0 Å². The molecule has 0 spiro atoms. The summed E-state index contributed by atoms with van der Waals surface area (Å²) < 4.78 is 81.2. The van der Waals surface area contributed by atoms with Gasteiger partial charge in [0.1, 0.15) is 30.3 Å². The van der Waals surface area contributed by atoms with Crippen LogP contribution in [-0.4, -0.2) is 75.4 Å². The molecule has 0 bridgehead atoms. The summed E-state index contributed by atoms with van der Waals surface area (Å²) in [6.07, 6.45) is 6.35. The van der Waals surface area contributed by atoms with E-state index in [4.69, 9.17) is 9.15 Å². The van der Waals surface area contributed by atoms with Gasteiger partial charge in [-0.1, -0.05) is 57.2 Å². The minimum Gasteiger partial charge on any atom is -0.748 e. The number of ether oxygens (including phenoxy) is 1. The van der Waals surface area contributed by atoms with E-state index in [2.05, 4.69) is 4.90 Å². The van der Waals surface area contributed by atoms with Crippen LogP contribution in [0.15, 0.2) is 65.1 Å². The number of Topliss-reactive ketones (excluding diaryl/α,β-unsaturated/α-hetero) is 1. The van der Waals surface area contributed by atoms with E-state index in [0.29, 0.717) is 16.7 Å². The van der Waals surface area contributed by atoms with Crippen molar-refractivity contribution < 1.29 is 74.2 Å². The summed E-state index contributed by atoms with van der Waals surface area (Å²) >= 11 is 0. The quantitative estimate of drug-likeness (QED) is 0.0440. The van der Waals surface area contributed by atoms with Gasteiger partial charge in [0.15, 0.2) is 5.78 Å². The second-order valence-electron chi connectivity index (χ2n) is 13.1. The molecule has 1 aromatic heterocycles. The van der Waals surface area contributed by atoms with E-state index in [9.17, 15) is 35.5 Å². The van der Waals surface area contributed by atoms with Crippen LogP contribution in [-0.2, 0) is 30.4 Å². The standard InChI is InChI=1S/C36H44N2O10S2.Na/c1-6-37(7-2)27-15-17-29-32(24-27)48-35(40)30(34(29)39)13-9-8-12-25-22-33(47-31-23-26(36(3,4)5)14-16-28(25)31)38(18-10-20-49(41,42)43)19-11-21-50(44,45)46;/h8-9,12-17,22-24,30H,6-7,10-11,18-21H2,1-5H3,(H-,41,42,43,44,45,46);/q;+1/p-1/b12-8+,13-9+;. The van der Waals surface area contributed by atoms with Crippen molar-refractivity contribution in [2.45, 2.75) is 52.9 Å². The van der Waals surface area contributed by atoms with Gasteiger partial charge in [0.05, 0.1) is 31.9 Å². The van der Waals surface area contributed by atoms with Crippen molar-refractivity contribution in [3.63, 3.8) is 0 Å². The van der Waals surface area contributed by atoms with Gasteiger partial charge >= 0.3 is 41.1 Å². The molecule has 2 aromatic carbocycles. The molecule has 0 saturated carbocycles. The van der Waals surface area contributed by atoms with Crippen LogP contribution < -0.4 is 49.3 Å². The van der Waals surface area contributed by atoms with E-state index in [1.165, 1.54) is 6.08 Å². The van der Waals surface area contributed by atoms with Crippen molar-refractivity contribution in [3.05, 3.63) is 82.9 Å². The molecule has 0 N–H and O–H groups in total. The number of hydrogen-bond acceptors (Lipinski definition) is 11. The Hall–Kier alpha value is -3.11. The van der Waals surface area contributed by atoms with Gasteiger partial charge in [-0.05, 0) is 48.6 Å². The summed E-state index contributed by atoms with van der Waals surface area (Å²) in [4.78, 5) is 28.3. The number of fused-ring (bicyclic) bond motifs is 2. The van der Waals surface area contributed by atoms with Crippen LogP contribution in [0.1, 0.15) is 68.9 Å². The Morgan fingerprint density at radius 1 is 0.882 bits per heavy atom. The Bertz CT molecular complexity index is 2070.